The maximum absolute atomic E-state index is 10.8. The summed E-state index contributed by atoms with van der Waals surface area (Å²) in [7, 11) is 0. The van der Waals surface area contributed by atoms with Gasteiger partial charge in [-0.1, -0.05) is 61.4 Å². The van der Waals surface area contributed by atoms with Crippen molar-refractivity contribution >= 4 is 0 Å². The second kappa shape index (κ2) is 13.7. The van der Waals surface area contributed by atoms with E-state index in [1.165, 1.54) is 18.4 Å². The summed E-state index contributed by atoms with van der Waals surface area (Å²) in [6.07, 6.45) is 9.06. The molecule has 8 nitrogen and oxygen atoms in total. The van der Waals surface area contributed by atoms with Crippen LogP contribution in [0, 0.1) is 0 Å². The Morgan fingerprint density at radius 2 is 1.43 bits per heavy atom. The number of aliphatic hydroxyl groups excluding tert-OH is 1. The third-order valence-electron chi connectivity index (χ3n) is 9.02. The number of hydrogen-bond acceptors (Lipinski definition) is 8. The SMILES string of the molecule is CC(OCCc1ccccc1)Oc1ccccc1.O[C@@H]1[C@H]2OC3(CCCCC3)O[C@H]2O[C@@H]1C1COC2(CCCCC2)O1. The molecule has 7 rings (SSSR count). The van der Waals surface area contributed by atoms with Gasteiger partial charge in [-0.05, 0) is 56.7 Å². The second-order valence-corrected chi connectivity index (χ2v) is 12.2. The smallest absolute Gasteiger partial charge is 0.196 e. The Balaban J connectivity index is 0.000000158. The van der Waals surface area contributed by atoms with Crippen LogP contribution < -0.4 is 4.74 Å². The molecule has 5 fully saturated rings. The number of aliphatic hydroxyl groups is 1. The first-order valence-corrected chi connectivity index (χ1v) is 15.9. The van der Waals surface area contributed by atoms with Crippen molar-refractivity contribution in [3.05, 3.63) is 66.2 Å². The summed E-state index contributed by atoms with van der Waals surface area (Å²) in [6.45, 7) is 3.06. The van der Waals surface area contributed by atoms with Crippen molar-refractivity contribution in [2.75, 3.05) is 13.2 Å². The highest BCUT2D eigenvalue weighted by molar-refractivity contribution is 5.21. The van der Waals surface area contributed by atoms with Crippen molar-refractivity contribution in [3.8, 4) is 5.75 Å². The number of hydrogen-bond donors (Lipinski definition) is 1. The zero-order valence-corrected chi connectivity index (χ0v) is 24.7. The highest BCUT2D eigenvalue weighted by Gasteiger charge is 2.60. The van der Waals surface area contributed by atoms with Crippen molar-refractivity contribution in [1.82, 2.24) is 0 Å². The van der Waals surface area contributed by atoms with Gasteiger partial charge in [0.1, 0.15) is 30.2 Å². The molecule has 6 atom stereocenters. The Morgan fingerprint density at radius 3 is 2.10 bits per heavy atom. The predicted octanol–water partition coefficient (Wildman–Crippen LogP) is 5.89. The minimum Gasteiger partial charge on any atom is -0.465 e. The highest BCUT2D eigenvalue weighted by Crippen LogP contribution is 2.47. The molecular weight excluding hydrogens is 536 g/mol. The quantitative estimate of drug-likeness (QED) is 0.405. The molecule has 8 heteroatoms. The molecule has 2 aromatic carbocycles. The van der Waals surface area contributed by atoms with E-state index in [9.17, 15) is 5.11 Å². The fourth-order valence-electron chi connectivity index (χ4n) is 6.81. The fourth-order valence-corrected chi connectivity index (χ4v) is 6.81. The van der Waals surface area contributed by atoms with E-state index in [4.69, 9.17) is 33.2 Å². The molecule has 2 spiro atoms. The Morgan fingerprint density at radius 1 is 0.786 bits per heavy atom. The van der Waals surface area contributed by atoms with E-state index in [0.717, 1.165) is 63.5 Å². The lowest BCUT2D eigenvalue weighted by atomic mass is 9.94. The van der Waals surface area contributed by atoms with Gasteiger partial charge in [0.2, 0.25) is 0 Å². The van der Waals surface area contributed by atoms with Crippen LogP contribution in [-0.4, -0.2) is 66.9 Å². The van der Waals surface area contributed by atoms with Crippen LogP contribution in [0.4, 0.5) is 0 Å². The molecule has 3 aliphatic heterocycles. The van der Waals surface area contributed by atoms with Crippen molar-refractivity contribution < 1.29 is 38.3 Å². The van der Waals surface area contributed by atoms with Gasteiger partial charge in [0.05, 0.1) is 13.2 Å². The van der Waals surface area contributed by atoms with Crippen molar-refractivity contribution in [1.29, 1.82) is 0 Å². The summed E-state index contributed by atoms with van der Waals surface area (Å²) in [5.74, 6) is -0.141. The van der Waals surface area contributed by atoms with Gasteiger partial charge in [-0.3, -0.25) is 0 Å². The molecule has 2 unspecified atom stereocenters. The van der Waals surface area contributed by atoms with Crippen LogP contribution in [0.3, 0.4) is 0 Å². The Kier molecular flexibility index (Phi) is 9.80. The van der Waals surface area contributed by atoms with E-state index in [1.54, 1.807) is 0 Å². The third-order valence-corrected chi connectivity index (χ3v) is 9.02. The van der Waals surface area contributed by atoms with E-state index < -0.39 is 36.2 Å². The summed E-state index contributed by atoms with van der Waals surface area (Å²) in [4.78, 5) is 0. The molecule has 0 radical (unpaired) electrons. The monoisotopic (exact) mass is 582 g/mol. The summed E-state index contributed by atoms with van der Waals surface area (Å²) >= 11 is 0. The molecular formula is C34H46O8. The van der Waals surface area contributed by atoms with E-state index in [0.29, 0.717) is 13.2 Å². The second-order valence-electron chi connectivity index (χ2n) is 12.2. The molecule has 2 aromatic rings. The molecule has 3 saturated heterocycles. The van der Waals surface area contributed by atoms with E-state index in [2.05, 4.69) is 12.1 Å². The fraction of sp³-hybridized carbons (Fsp3) is 0.647. The van der Waals surface area contributed by atoms with E-state index in [-0.39, 0.29) is 12.4 Å². The summed E-state index contributed by atoms with van der Waals surface area (Å²) in [6, 6.07) is 20.0. The minimum absolute atomic E-state index is 0.226. The van der Waals surface area contributed by atoms with Crippen LogP contribution in [0.5, 0.6) is 5.75 Å². The molecule has 0 amide bonds. The normalized spacial score (nSPS) is 31.8. The molecule has 5 aliphatic rings. The first-order valence-electron chi connectivity index (χ1n) is 15.9. The predicted molar refractivity (Wildman–Crippen MR) is 156 cm³/mol. The molecule has 3 heterocycles. The average Bonchev–Trinajstić information content (AvgIpc) is 3.67. The first kappa shape index (κ1) is 30.0. The lowest BCUT2D eigenvalue weighted by Crippen LogP contribution is -2.44. The molecule has 42 heavy (non-hydrogen) atoms. The van der Waals surface area contributed by atoms with Crippen LogP contribution in [-0.2, 0) is 34.8 Å². The van der Waals surface area contributed by atoms with Crippen molar-refractivity contribution in [2.24, 2.45) is 0 Å². The van der Waals surface area contributed by atoms with Crippen LogP contribution >= 0.6 is 0 Å². The number of fused-ring (bicyclic) bond motifs is 1. The topological polar surface area (TPSA) is 84.8 Å². The van der Waals surface area contributed by atoms with Crippen LogP contribution in [0.1, 0.15) is 76.7 Å². The Bertz CT molecular complexity index is 1090. The molecule has 0 aromatic heterocycles. The zero-order valence-electron chi connectivity index (χ0n) is 24.7. The summed E-state index contributed by atoms with van der Waals surface area (Å²) in [5, 5.41) is 10.8. The number of para-hydroxylation sites is 1. The van der Waals surface area contributed by atoms with E-state index >= 15 is 0 Å². The molecule has 230 valence electrons. The van der Waals surface area contributed by atoms with Gasteiger partial charge in [-0.25, -0.2) is 0 Å². The lowest BCUT2D eigenvalue weighted by molar-refractivity contribution is -0.259. The molecule has 2 aliphatic carbocycles. The third kappa shape index (κ3) is 7.18. The zero-order chi connectivity index (χ0) is 28.8. The first-order chi connectivity index (χ1) is 20.5. The standard InChI is InChI=1S/C18H28O6.C16H18O2/c19-13-14(12-11-20-17(22-12)7-3-1-4-8-17)21-16-15(13)23-18(24-16)9-5-2-6-10-18;1-14(18-16-10-6-3-7-11-16)17-13-12-15-8-4-2-5-9-15/h12-16,19H,1-11H2;2-11,14H,12-13H2,1H3/t12?,13-,14+,15+,16+;/m0./s1. The maximum Gasteiger partial charge on any atom is 0.196 e. The van der Waals surface area contributed by atoms with Gasteiger partial charge in [0.15, 0.2) is 24.2 Å². The summed E-state index contributed by atoms with van der Waals surface area (Å²) in [5.41, 5.74) is 1.28. The van der Waals surface area contributed by atoms with Crippen molar-refractivity contribution in [2.45, 2.75) is 126 Å². The maximum atomic E-state index is 10.8. The largest absolute Gasteiger partial charge is 0.465 e. The van der Waals surface area contributed by atoms with Gasteiger partial charge in [-0.15, -0.1) is 0 Å². The van der Waals surface area contributed by atoms with Gasteiger partial charge in [-0.2, -0.15) is 0 Å². The number of rotatable bonds is 7. The van der Waals surface area contributed by atoms with Crippen LogP contribution in [0.15, 0.2) is 60.7 Å². The van der Waals surface area contributed by atoms with E-state index in [1.807, 2.05) is 55.5 Å². The minimum atomic E-state index is -0.719. The van der Waals surface area contributed by atoms with Gasteiger partial charge < -0.3 is 38.3 Å². The average molecular weight is 583 g/mol. The van der Waals surface area contributed by atoms with Gasteiger partial charge >= 0.3 is 0 Å². The lowest BCUT2D eigenvalue weighted by Gasteiger charge is -2.34. The Hall–Kier alpha value is -2.04. The summed E-state index contributed by atoms with van der Waals surface area (Å²) < 4.78 is 41.8. The molecule has 2 saturated carbocycles. The molecule has 1 N–H and O–H groups in total. The number of benzene rings is 2. The number of ether oxygens (including phenoxy) is 7. The van der Waals surface area contributed by atoms with Gasteiger partial charge in [0, 0.05) is 25.7 Å². The Labute approximate surface area is 249 Å². The van der Waals surface area contributed by atoms with Crippen LogP contribution in [0.25, 0.3) is 0 Å². The van der Waals surface area contributed by atoms with Crippen LogP contribution in [0.2, 0.25) is 0 Å². The molecule has 0 bridgehead atoms. The highest BCUT2D eigenvalue weighted by atomic mass is 16.8. The van der Waals surface area contributed by atoms with Crippen molar-refractivity contribution in [3.63, 3.8) is 0 Å². The van der Waals surface area contributed by atoms with Gasteiger partial charge in [0.25, 0.3) is 0 Å².